The Bertz CT molecular complexity index is 52.9. The molecule has 0 aliphatic carbocycles. The summed E-state index contributed by atoms with van der Waals surface area (Å²) in [7, 11) is 0. The highest BCUT2D eigenvalue weighted by molar-refractivity contribution is 7.54. The van der Waals surface area contributed by atoms with Gasteiger partial charge < -0.3 is 0 Å². The smallest absolute Gasteiger partial charge is 0.130 e. The van der Waals surface area contributed by atoms with Gasteiger partial charge >= 0.3 is 6.73 Å². The Hall–Kier alpha value is 1.09. The van der Waals surface area contributed by atoms with Gasteiger partial charge in [0.25, 0.3) is 0 Å². The SMILES string of the molecule is CCCCCCC.Cl[SiH](Cl)Cl. The van der Waals surface area contributed by atoms with Crippen molar-refractivity contribution >= 4 is 40.0 Å². The summed E-state index contributed by atoms with van der Waals surface area (Å²) >= 11 is 14.8. The van der Waals surface area contributed by atoms with E-state index in [0.717, 1.165) is 0 Å². The zero-order valence-corrected chi connectivity index (χ0v) is 10.7. The van der Waals surface area contributed by atoms with E-state index in [0.29, 0.717) is 0 Å². The van der Waals surface area contributed by atoms with Gasteiger partial charge in [-0.15, -0.1) is 33.2 Å². The Morgan fingerprint density at radius 1 is 0.818 bits per heavy atom. The summed E-state index contributed by atoms with van der Waals surface area (Å²) in [5.74, 6) is 0. The summed E-state index contributed by atoms with van der Waals surface area (Å²) in [5, 5.41) is 0. The third-order valence-electron chi connectivity index (χ3n) is 1.21. The van der Waals surface area contributed by atoms with Crippen LogP contribution in [0.2, 0.25) is 0 Å². The molecule has 0 aromatic heterocycles. The fourth-order valence-corrected chi connectivity index (χ4v) is 0.677. The summed E-state index contributed by atoms with van der Waals surface area (Å²) in [6.07, 6.45) is 7.01. The highest BCUT2D eigenvalue weighted by Crippen LogP contribution is 2.00. The van der Waals surface area contributed by atoms with Crippen molar-refractivity contribution in [1.29, 1.82) is 0 Å². The maximum absolute atomic E-state index is 4.94. The van der Waals surface area contributed by atoms with E-state index in [2.05, 4.69) is 13.8 Å². The molecule has 0 heterocycles. The summed E-state index contributed by atoms with van der Waals surface area (Å²) < 4.78 is 0. The number of unbranched alkanes of at least 4 members (excludes halogenated alkanes) is 4. The predicted molar refractivity (Wildman–Crippen MR) is 59.1 cm³/mol. The molecule has 0 radical (unpaired) electrons. The number of rotatable bonds is 4. The summed E-state index contributed by atoms with van der Waals surface area (Å²) in [6.45, 7) is 2.77. The minimum atomic E-state index is -1.72. The van der Waals surface area contributed by atoms with Gasteiger partial charge in [-0.3, -0.25) is 0 Å². The van der Waals surface area contributed by atoms with E-state index in [1.807, 2.05) is 0 Å². The zero-order chi connectivity index (χ0) is 9.11. The third-order valence-corrected chi connectivity index (χ3v) is 1.21. The van der Waals surface area contributed by atoms with Gasteiger partial charge in [0, 0.05) is 0 Å². The molecular formula is C7H17Cl3Si. The molecule has 0 atom stereocenters. The molecule has 0 bridgehead atoms. The summed E-state index contributed by atoms with van der Waals surface area (Å²) in [4.78, 5) is 0. The molecule has 0 rings (SSSR count). The molecule has 0 aliphatic rings. The van der Waals surface area contributed by atoms with E-state index < -0.39 is 6.73 Å². The lowest BCUT2D eigenvalue weighted by Gasteiger charge is -1.90. The lowest BCUT2D eigenvalue weighted by atomic mass is 10.2. The van der Waals surface area contributed by atoms with Crippen molar-refractivity contribution in [2.45, 2.75) is 46.0 Å². The Labute approximate surface area is 85.9 Å². The van der Waals surface area contributed by atoms with Gasteiger partial charge in [-0.25, -0.2) is 0 Å². The zero-order valence-electron chi connectivity index (χ0n) is 7.25. The Kier molecular flexibility index (Phi) is 18.1. The van der Waals surface area contributed by atoms with E-state index in [4.69, 9.17) is 33.2 Å². The fourth-order valence-electron chi connectivity index (χ4n) is 0.677. The van der Waals surface area contributed by atoms with Crippen molar-refractivity contribution in [3.8, 4) is 0 Å². The van der Waals surface area contributed by atoms with Gasteiger partial charge in [0.2, 0.25) is 0 Å². The van der Waals surface area contributed by atoms with E-state index >= 15 is 0 Å². The topological polar surface area (TPSA) is 0 Å². The predicted octanol–water partition coefficient (Wildman–Crippen LogP) is 4.40. The molecule has 4 heteroatoms. The minimum Gasteiger partial charge on any atom is -0.130 e. The molecule has 0 N–H and O–H groups in total. The first kappa shape index (κ1) is 14.6. The second-order valence-corrected chi connectivity index (χ2v) is 8.74. The first-order valence-corrected chi connectivity index (χ1v) is 9.31. The average Bonchev–Trinajstić information content (AvgIpc) is 1.88. The maximum atomic E-state index is 4.94. The molecule has 0 saturated heterocycles. The minimum absolute atomic E-state index is 1.36. The molecule has 0 nitrogen and oxygen atoms in total. The number of hydrogen-bond acceptors (Lipinski definition) is 0. The van der Waals surface area contributed by atoms with Crippen LogP contribution in [0.3, 0.4) is 0 Å². The Balaban J connectivity index is 0. The molecule has 11 heavy (non-hydrogen) atoms. The quantitative estimate of drug-likeness (QED) is 0.385. The van der Waals surface area contributed by atoms with Crippen LogP contribution in [-0.4, -0.2) is 6.73 Å². The van der Waals surface area contributed by atoms with Crippen LogP contribution in [0.4, 0.5) is 0 Å². The fraction of sp³-hybridized carbons (Fsp3) is 1.00. The van der Waals surface area contributed by atoms with Gasteiger partial charge in [0.1, 0.15) is 0 Å². The van der Waals surface area contributed by atoms with Gasteiger partial charge in [0.05, 0.1) is 0 Å². The van der Waals surface area contributed by atoms with Gasteiger partial charge in [-0.1, -0.05) is 46.0 Å². The monoisotopic (exact) mass is 234 g/mol. The lowest BCUT2D eigenvalue weighted by Crippen LogP contribution is -1.70. The van der Waals surface area contributed by atoms with Crippen molar-refractivity contribution < 1.29 is 0 Å². The molecule has 0 spiro atoms. The second-order valence-electron chi connectivity index (χ2n) is 2.31. The van der Waals surface area contributed by atoms with Crippen molar-refractivity contribution in [2.24, 2.45) is 0 Å². The molecule has 0 fully saturated rings. The van der Waals surface area contributed by atoms with Gasteiger partial charge in [-0.2, -0.15) is 0 Å². The normalized spacial score (nSPS) is 9.27. The van der Waals surface area contributed by atoms with E-state index in [1.54, 1.807) is 0 Å². The van der Waals surface area contributed by atoms with Crippen molar-refractivity contribution in [3.05, 3.63) is 0 Å². The van der Waals surface area contributed by atoms with Crippen LogP contribution in [0.5, 0.6) is 0 Å². The number of hydrogen-bond donors (Lipinski definition) is 0. The first-order valence-electron chi connectivity index (χ1n) is 4.07. The van der Waals surface area contributed by atoms with E-state index in [9.17, 15) is 0 Å². The molecule has 0 unspecified atom stereocenters. The van der Waals surface area contributed by atoms with Crippen LogP contribution in [0, 0.1) is 0 Å². The van der Waals surface area contributed by atoms with Crippen LogP contribution in [0.15, 0.2) is 0 Å². The average molecular weight is 236 g/mol. The van der Waals surface area contributed by atoms with Crippen LogP contribution >= 0.6 is 33.2 Å². The second kappa shape index (κ2) is 13.7. The Morgan fingerprint density at radius 2 is 1.09 bits per heavy atom. The van der Waals surface area contributed by atoms with Gasteiger partial charge in [-0.05, 0) is 0 Å². The molecular weight excluding hydrogens is 219 g/mol. The van der Waals surface area contributed by atoms with Crippen LogP contribution in [-0.2, 0) is 0 Å². The molecule has 0 amide bonds. The molecule has 0 aromatic rings. The van der Waals surface area contributed by atoms with Crippen molar-refractivity contribution in [1.82, 2.24) is 0 Å². The largest absolute Gasteiger partial charge is 0.326 e. The summed E-state index contributed by atoms with van der Waals surface area (Å²) in [5.41, 5.74) is 0. The molecule has 0 saturated carbocycles. The van der Waals surface area contributed by atoms with Crippen molar-refractivity contribution in [2.75, 3.05) is 0 Å². The third kappa shape index (κ3) is 35.4. The standard InChI is InChI=1S/C7H16.Cl3HSi/c1-3-5-7-6-4-2;1-4(2)3/h3-7H2,1-2H3;4H. The highest BCUT2D eigenvalue weighted by Gasteiger charge is 1.85. The molecule has 70 valence electrons. The lowest BCUT2D eigenvalue weighted by molar-refractivity contribution is 0.656. The van der Waals surface area contributed by atoms with Crippen molar-refractivity contribution in [3.63, 3.8) is 0 Å². The first-order chi connectivity index (χ1) is 5.15. The van der Waals surface area contributed by atoms with Gasteiger partial charge in [0.15, 0.2) is 0 Å². The Morgan fingerprint density at radius 3 is 1.27 bits per heavy atom. The highest BCUT2D eigenvalue weighted by atomic mass is 35.8. The molecule has 0 aliphatic heterocycles. The maximum Gasteiger partial charge on any atom is 0.326 e. The molecule has 0 aromatic carbocycles. The van der Waals surface area contributed by atoms with Crippen LogP contribution in [0.1, 0.15) is 46.0 Å². The van der Waals surface area contributed by atoms with Crippen LogP contribution in [0.25, 0.3) is 0 Å². The number of halogens is 3. The summed E-state index contributed by atoms with van der Waals surface area (Å²) in [6, 6.07) is 0. The van der Waals surface area contributed by atoms with Crippen LogP contribution < -0.4 is 0 Å². The van der Waals surface area contributed by atoms with E-state index in [1.165, 1.54) is 32.1 Å². The van der Waals surface area contributed by atoms with E-state index in [-0.39, 0.29) is 0 Å².